The van der Waals surface area contributed by atoms with E-state index in [1.807, 2.05) is 63.2 Å². The monoisotopic (exact) mass is 416 g/mol. The molecular formula is C24H24N4O3. The van der Waals surface area contributed by atoms with Crippen LogP contribution in [0.15, 0.2) is 59.4 Å². The fraction of sp³-hybridized carbons (Fsp3) is 0.250. The SMILES string of the molecule is Cc1cccc(C)c1NC(=O)Cn1nc(C(=O)N2c3ccccc3CC2C)ccc1=O. The Bertz CT molecular complexity index is 1210. The third-order valence-electron chi connectivity index (χ3n) is 5.55. The van der Waals surface area contributed by atoms with Crippen LogP contribution in [0.5, 0.6) is 0 Å². The van der Waals surface area contributed by atoms with Crippen LogP contribution in [0.3, 0.4) is 0 Å². The van der Waals surface area contributed by atoms with Gasteiger partial charge in [-0.2, -0.15) is 5.10 Å². The Hall–Kier alpha value is -3.74. The number of carbonyl (C=O) groups is 2. The maximum atomic E-state index is 13.2. The molecule has 4 rings (SSSR count). The van der Waals surface area contributed by atoms with Crippen molar-refractivity contribution >= 4 is 23.2 Å². The van der Waals surface area contributed by atoms with Crippen molar-refractivity contribution in [3.8, 4) is 0 Å². The van der Waals surface area contributed by atoms with Crippen molar-refractivity contribution in [3.05, 3.63) is 87.3 Å². The summed E-state index contributed by atoms with van der Waals surface area (Å²) in [6.45, 7) is 5.51. The summed E-state index contributed by atoms with van der Waals surface area (Å²) >= 11 is 0. The third kappa shape index (κ3) is 3.99. The number of aromatic nitrogens is 2. The first-order valence-corrected chi connectivity index (χ1v) is 10.2. The highest BCUT2D eigenvalue weighted by molar-refractivity contribution is 6.06. The molecular weight excluding hydrogens is 392 g/mol. The maximum absolute atomic E-state index is 13.2. The number of rotatable bonds is 4. The topological polar surface area (TPSA) is 84.3 Å². The van der Waals surface area contributed by atoms with Crippen molar-refractivity contribution in [1.82, 2.24) is 9.78 Å². The van der Waals surface area contributed by atoms with Crippen LogP contribution < -0.4 is 15.8 Å². The molecule has 1 atom stereocenters. The van der Waals surface area contributed by atoms with E-state index in [1.54, 1.807) is 4.90 Å². The highest BCUT2D eigenvalue weighted by atomic mass is 16.2. The lowest BCUT2D eigenvalue weighted by Gasteiger charge is -2.22. The zero-order chi connectivity index (χ0) is 22.1. The summed E-state index contributed by atoms with van der Waals surface area (Å²) in [5, 5.41) is 7.05. The molecule has 1 N–H and O–H groups in total. The van der Waals surface area contributed by atoms with Crippen molar-refractivity contribution in [1.29, 1.82) is 0 Å². The Kier molecular flexibility index (Phi) is 5.42. The molecule has 1 aliphatic heterocycles. The number of hydrogen-bond acceptors (Lipinski definition) is 4. The number of anilines is 2. The number of hydrogen-bond donors (Lipinski definition) is 1. The summed E-state index contributed by atoms with van der Waals surface area (Å²) in [4.78, 5) is 39.8. The van der Waals surface area contributed by atoms with Gasteiger partial charge in [-0.05, 0) is 56.0 Å². The smallest absolute Gasteiger partial charge is 0.278 e. The minimum atomic E-state index is -0.442. The Morgan fingerprint density at radius 2 is 1.74 bits per heavy atom. The minimum Gasteiger partial charge on any atom is -0.324 e. The molecule has 1 unspecified atom stereocenters. The van der Waals surface area contributed by atoms with Gasteiger partial charge in [0, 0.05) is 23.5 Å². The molecule has 0 spiro atoms. The second-order valence-corrected chi connectivity index (χ2v) is 7.89. The zero-order valence-electron chi connectivity index (χ0n) is 17.8. The molecule has 0 saturated heterocycles. The number of benzene rings is 2. The fourth-order valence-corrected chi connectivity index (χ4v) is 4.00. The summed E-state index contributed by atoms with van der Waals surface area (Å²) in [6.07, 6.45) is 0.764. The molecule has 0 bridgehead atoms. The first kappa shape index (κ1) is 20.5. The van der Waals surface area contributed by atoms with Gasteiger partial charge in [0.05, 0.1) is 0 Å². The second kappa shape index (κ2) is 8.18. The third-order valence-corrected chi connectivity index (χ3v) is 5.55. The molecule has 1 aromatic heterocycles. The lowest BCUT2D eigenvalue weighted by atomic mass is 10.1. The van der Waals surface area contributed by atoms with Crippen LogP contribution in [-0.4, -0.2) is 27.6 Å². The van der Waals surface area contributed by atoms with Gasteiger partial charge in [-0.15, -0.1) is 0 Å². The molecule has 7 nitrogen and oxygen atoms in total. The van der Waals surface area contributed by atoms with Gasteiger partial charge >= 0.3 is 0 Å². The quantitative estimate of drug-likeness (QED) is 0.708. The molecule has 3 aromatic rings. The lowest BCUT2D eigenvalue weighted by Crippen LogP contribution is -2.38. The summed E-state index contributed by atoms with van der Waals surface area (Å²) in [7, 11) is 0. The van der Waals surface area contributed by atoms with Crippen molar-refractivity contribution < 1.29 is 9.59 Å². The van der Waals surface area contributed by atoms with Gasteiger partial charge in [0.2, 0.25) is 5.91 Å². The number of nitrogens with zero attached hydrogens (tertiary/aromatic N) is 3. The summed E-state index contributed by atoms with van der Waals surface area (Å²) < 4.78 is 1.03. The Balaban J connectivity index is 1.57. The van der Waals surface area contributed by atoms with Crippen LogP contribution in [0.4, 0.5) is 11.4 Å². The molecule has 31 heavy (non-hydrogen) atoms. The van der Waals surface area contributed by atoms with E-state index in [1.165, 1.54) is 12.1 Å². The Morgan fingerprint density at radius 3 is 2.48 bits per heavy atom. The average molecular weight is 416 g/mol. The summed E-state index contributed by atoms with van der Waals surface area (Å²) in [5.74, 6) is -0.669. The van der Waals surface area contributed by atoms with Gasteiger partial charge < -0.3 is 10.2 Å². The van der Waals surface area contributed by atoms with Gasteiger partial charge in [0.15, 0.2) is 0 Å². The van der Waals surface area contributed by atoms with Crippen LogP contribution in [0.1, 0.15) is 34.1 Å². The van der Waals surface area contributed by atoms with E-state index in [2.05, 4.69) is 10.4 Å². The maximum Gasteiger partial charge on any atom is 0.278 e. The van der Waals surface area contributed by atoms with Gasteiger partial charge in [-0.25, -0.2) is 4.68 Å². The Morgan fingerprint density at radius 1 is 1.03 bits per heavy atom. The molecule has 0 aliphatic carbocycles. The highest BCUT2D eigenvalue weighted by Gasteiger charge is 2.32. The van der Waals surface area contributed by atoms with Gasteiger partial charge in [0.25, 0.3) is 11.5 Å². The molecule has 0 fully saturated rings. The summed E-state index contributed by atoms with van der Waals surface area (Å²) in [6, 6.07) is 16.2. The molecule has 2 aromatic carbocycles. The van der Waals surface area contributed by atoms with E-state index in [0.717, 1.165) is 39.2 Å². The first-order valence-electron chi connectivity index (χ1n) is 10.2. The summed E-state index contributed by atoms with van der Waals surface area (Å²) in [5.41, 5.74) is 4.22. The van der Waals surface area contributed by atoms with Crippen LogP contribution in [0, 0.1) is 13.8 Å². The largest absolute Gasteiger partial charge is 0.324 e. The van der Waals surface area contributed by atoms with E-state index in [4.69, 9.17) is 0 Å². The van der Waals surface area contributed by atoms with E-state index < -0.39 is 5.56 Å². The van der Waals surface area contributed by atoms with E-state index in [-0.39, 0.29) is 30.1 Å². The van der Waals surface area contributed by atoms with Crippen LogP contribution in [0.25, 0.3) is 0 Å². The van der Waals surface area contributed by atoms with E-state index >= 15 is 0 Å². The number of fused-ring (bicyclic) bond motifs is 1. The van der Waals surface area contributed by atoms with Gasteiger partial charge in [-0.1, -0.05) is 36.4 Å². The number of aryl methyl sites for hydroxylation is 2. The predicted molar refractivity (Wildman–Crippen MR) is 119 cm³/mol. The van der Waals surface area contributed by atoms with Crippen molar-refractivity contribution in [2.45, 2.75) is 39.8 Å². The van der Waals surface area contributed by atoms with Crippen LogP contribution >= 0.6 is 0 Å². The van der Waals surface area contributed by atoms with E-state index in [0.29, 0.717) is 0 Å². The van der Waals surface area contributed by atoms with Gasteiger partial charge in [-0.3, -0.25) is 14.4 Å². The van der Waals surface area contributed by atoms with Crippen molar-refractivity contribution in [2.24, 2.45) is 0 Å². The molecule has 1 aliphatic rings. The van der Waals surface area contributed by atoms with Crippen molar-refractivity contribution in [3.63, 3.8) is 0 Å². The van der Waals surface area contributed by atoms with Crippen LogP contribution in [-0.2, 0) is 17.8 Å². The normalized spacial score (nSPS) is 14.9. The molecule has 7 heteroatoms. The molecule has 158 valence electrons. The number of nitrogens with one attached hydrogen (secondary N) is 1. The number of amides is 2. The molecule has 2 heterocycles. The standard InChI is InChI=1S/C24H24N4O3/c1-15-7-6-8-16(2)23(15)25-21(29)14-27-22(30)12-11-19(26-27)24(31)28-17(3)13-18-9-4-5-10-20(18)28/h4-12,17H,13-14H2,1-3H3,(H,25,29). The minimum absolute atomic E-state index is 0.0144. The molecule has 2 amide bonds. The average Bonchev–Trinajstić information content (AvgIpc) is 3.07. The van der Waals surface area contributed by atoms with Crippen molar-refractivity contribution in [2.75, 3.05) is 10.2 Å². The molecule has 0 saturated carbocycles. The number of para-hydroxylation sites is 2. The number of carbonyl (C=O) groups excluding carboxylic acids is 2. The van der Waals surface area contributed by atoms with E-state index in [9.17, 15) is 14.4 Å². The van der Waals surface area contributed by atoms with Gasteiger partial charge in [0.1, 0.15) is 12.2 Å². The predicted octanol–water partition coefficient (Wildman–Crippen LogP) is 3.09. The first-order chi connectivity index (χ1) is 14.8. The fourth-order valence-electron chi connectivity index (χ4n) is 4.00. The second-order valence-electron chi connectivity index (χ2n) is 7.89. The van der Waals surface area contributed by atoms with Crippen LogP contribution in [0.2, 0.25) is 0 Å². The Labute approximate surface area is 180 Å². The lowest BCUT2D eigenvalue weighted by molar-refractivity contribution is -0.117. The highest BCUT2D eigenvalue weighted by Crippen LogP contribution is 2.32. The molecule has 0 radical (unpaired) electrons. The zero-order valence-corrected chi connectivity index (χ0v) is 17.8.